The van der Waals surface area contributed by atoms with Crippen molar-refractivity contribution < 1.29 is 0 Å². The number of anilines is 1. The normalized spacial score (nSPS) is 21.3. The lowest BCUT2D eigenvalue weighted by atomic mass is 10.0. The number of rotatable bonds is 5. The average molecular weight is 239 g/mol. The molecule has 0 bridgehead atoms. The zero-order valence-electron chi connectivity index (χ0n) is 9.98. The molecule has 90 valence electrons. The Balaban J connectivity index is 1.92. The first-order valence-electron chi connectivity index (χ1n) is 6.28. The molecule has 0 aromatic carbocycles. The van der Waals surface area contributed by atoms with E-state index in [0.29, 0.717) is 6.04 Å². The summed E-state index contributed by atoms with van der Waals surface area (Å²) in [6, 6.07) is 0.645. The van der Waals surface area contributed by atoms with E-state index < -0.39 is 0 Å². The minimum Gasteiger partial charge on any atom is -0.344 e. The highest BCUT2D eigenvalue weighted by atomic mass is 32.1. The van der Waals surface area contributed by atoms with Crippen LogP contribution >= 0.6 is 11.3 Å². The molecule has 2 rings (SSSR count). The van der Waals surface area contributed by atoms with Crippen molar-refractivity contribution in [3.8, 4) is 0 Å². The predicted molar refractivity (Wildman–Crippen MR) is 70.3 cm³/mol. The third kappa shape index (κ3) is 2.95. The standard InChI is InChI=1S/C12H21N3S/c1-2-6-13-10-11-5-3-4-8-15(11)12-14-7-9-16-12/h7,9,11,13H,2-6,8,10H2,1H3. The molecular weight excluding hydrogens is 218 g/mol. The first kappa shape index (κ1) is 11.9. The Bertz CT molecular complexity index is 286. The van der Waals surface area contributed by atoms with Gasteiger partial charge in [-0.1, -0.05) is 6.92 Å². The van der Waals surface area contributed by atoms with Crippen molar-refractivity contribution in [2.45, 2.75) is 38.6 Å². The maximum Gasteiger partial charge on any atom is 0.185 e. The third-order valence-electron chi connectivity index (χ3n) is 3.10. The summed E-state index contributed by atoms with van der Waals surface area (Å²) in [4.78, 5) is 6.92. The van der Waals surface area contributed by atoms with Crippen LogP contribution in [0.15, 0.2) is 11.6 Å². The molecule has 2 heterocycles. The molecule has 1 saturated heterocycles. The molecule has 1 fully saturated rings. The second-order valence-corrected chi connectivity index (χ2v) is 5.23. The topological polar surface area (TPSA) is 28.2 Å². The summed E-state index contributed by atoms with van der Waals surface area (Å²) in [5.41, 5.74) is 0. The van der Waals surface area contributed by atoms with E-state index in [-0.39, 0.29) is 0 Å². The number of thiazole rings is 1. The molecule has 0 spiro atoms. The molecule has 0 aliphatic carbocycles. The lowest BCUT2D eigenvalue weighted by Crippen LogP contribution is -2.45. The van der Waals surface area contributed by atoms with E-state index in [0.717, 1.165) is 13.1 Å². The summed E-state index contributed by atoms with van der Waals surface area (Å²) in [6.07, 6.45) is 7.09. The molecule has 1 N–H and O–H groups in total. The fourth-order valence-corrected chi connectivity index (χ4v) is 3.01. The SMILES string of the molecule is CCCNCC1CCCCN1c1nccs1. The van der Waals surface area contributed by atoms with E-state index in [1.54, 1.807) is 11.3 Å². The van der Waals surface area contributed by atoms with Crippen molar-refractivity contribution in [1.82, 2.24) is 10.3 Å². The van der Waals surface area contributed by atoms with Crippen LogP contribution in [0.4, 0.5) is 5.13 Å². The number of aromatic nitrogens is 1. The Morgan fingerprint density at radius 2 is 2.50 bits per heavy atom. The monoisotopic (exact) mass is 239 g/mol. The van der Waals surface area contributed by atoms with Gasteiger partial charge in [-0.3, -0.25) is 0 Å². The van der Waals surface area contributed by atoms with Crippen LogP contribution in [0.25, 0.3) is 0 Å². The Labute approximate surface area is 102 Å². The molecule has 1 aromatic rings. The molecule has 0 saturated carbocycles. The molecule has 1 atom stereocenters. The van der Waals surface area contributed by atoms with Crippen molar-refractivity contribution >= 4 is 16.5 Å². The molecule has 0 amide bonds. The van der Waals surface area contributed by atoms with Crippen LogP contribution in [-0.4, -0.2) is 30.7 Å². The van der Waals surface area contributed by atoms with Gasteiger partial charge in [0.05, 0.1) is 0 Å². The van der Waals surface area contributed by atoms with Gasteiger partial charge in [-0.2, -0.15) is 0 Å². The molecular formula is C12H21N3S. The highest BCUT2D eigenvalue weighted by Crippen LogP contribution is 2.25. The van der Waals surface area contributed by atoms with Crippen LogP contribution in [0.1, 0.15) is 32.6 Å². The predicted octanol–water partition coefficient (Wildman–Crippen LogP) is 2.50. The summed E-state index contributed by atoms with van der Waals surface area (Å²) in [5.74, 6) is 0. The molecule has 0 radical (unpaired) electrons. The van der Waals surface area contributed by atoms with Crippen molar-refractivity contribution in [3.63, 3.8) is 0 Å². The van der Waals surface area contributed by atoms with Gasteiger partial charge in [0, 0.05) is 30.7 Å². The van der Waals surface area contributed by atoms with Crippen LogP contribution in [0, 0.1) is 0 Å². The van der Waals surface area contributed by atoms with Gasteiger partial charge in [-0.25, -0.2) is 4.98 Å². The van der Waals surface area contributed by atoms with Gasteiger partial charge in [0.2, 0.25) is 0 Å². The van der Waals surface area contributed by atoms with E-state index >= 15 is 0 Å². The van der Waals surface area contributed by atoms with Gasteiger partial charge in [0.25, 0.3) is 0 Å². The van der Waals surface area contributed by atoms with Crippen molar-refractivity contribution in [2.75, 3.05) is 24.5 Å². The Morgan fingerprint density at radius 1 is 1.56 bits per heavy atom. The second kappa shape index (κ2) is 6.21. The maximum atomic E-state index is 4.44. The number of piperidine rings is 1. The first-order chi connectivity index (χ1) is 7.92. The Kier molecular flexibility index (Phi) is 4.60. The highest BCUT2D eigenvalue weighted by Gasteiger charge is 2.23. The van der Waals surface area contributed by atoms with Gasteiger partial charge in [-0.05, 0) is 32.2 Å². The molecule has 1 unspecified atom stereocenters. The minimum absolute atomic E-state index is 0.645. The van der Waals surface area contributed by atoms with Gasteiger partial charge < -0.3 is 10.2 Å². The van der Waals surface area contributed by atoms with E-state index in [1.165, 1.54) is 37.4 Å². The number of hydrogen-bond acceptors (Lipinski definition) is 4. The van der Waals surface area contributed by atoms with Crippen molar-refractivity contribution in [1.29, 1.82) is 0 Å². The van der Waals surface area contributed by atoms with Crippen LogP contribution in [-0.2, 0) is 0 Å². The fourth-order valence-electron chi connectivity index (χ4n) is 2.27. The lowest BCUT2D eigenvalue weighted by molar-refractivity contribution is 0.435. The smallest absolute Gasteiger partial charge is 0.185 e. The summed E-state index contributed by atoms with van der Waals surface area (Å²) >= 11 is 1.76. The molecule has 1 aliphatic rings. The summed E-state index contributed by atoms with van der Waals surface area (Å²) in [7, 11) is 0. The number of nitrogens with one attached hydrogen (secondary N) is 1. The largest absolute Gasteiger partial charge is 0.344 e. The van der Waals surface area contributed by atoms with Crippen molar-refractivity contribution in [2.24, 2.45) is 0 Å². The van der Waals surface area contributed by atoms with Crippen LogP contribution in [0.3, 0.4) is 0 Å². The number of hydrogen-bond donors (Lipinski definition) is 1. The van der Waals surface area contributed by atoms with E-state index in [9.17, 15) is 0 Å². The van der Waals surface area contributed by atoms with Crippen molar-refractivity contribution in [3.05, 3.63) is 11.6 Å². The number of nitrogens with zero attached hydrogens (tertiary/aromatic N) is 2. The Hall–Kier alpha value is -0.610. The van der Waals surface area contributed by atoms with Gasteiger partial charge in [0.15, 0.2) is 5.13 Å². The summed E-state index contributed by atoms with van der Waals surface area (Å²) in [6.45, 7) is 5.62. The van der Waals surface area contributed by atoms with Gasteiger partial charge >= 0.3 is 0 Å². The van der Waals surface area contributed by atoms with E-state index in [2.05, 4.69) is 27.5 Å². The van der Waals surface area contributed by atoms with Crippen LogP contribution in [0.2, 0.25) is 0 Å². The second-order valence-electron chi connectivity index (χ2n) is 4.36. The average Bonchev–Trinajstić information content (AvgIpc) is 2.83. The van der Waals surface area contributed by atoms with Gasteiger partial charge in [0.1, 0.15) is 0 Å². The first-order valence-corrected chi connectivity index (χ1v) is 7.16. The lowest BCUT2D eigenvalue weighted by Gasteiger charge is -2.35. The molecule has 16 heavy (non-hydrogen) atoms. The fraction of sp³-hybridized carbons (Fsp3) is 0.750. The van der Waals surface area contributed by atoms with E-state index in [1.807, 2.05) is 6.20 Å². The van der Waals surface area contributed by atoms with E-state index in [4.69, 9.17) is 0 Å². The minimum atomic E-state index is 0.645. The van der Waals surface area contributed by atoms with Crippen LogP contribution in [0.5, 0.6) is 0 Å². The maximum absolute atomic E-state index is 4.44. The summed E-state index contributed by atoms with van der Waals surface area (Å²) in [5, 5.41) is 6.80. The zero-order chi connectivity index (χ0) is 11.2. The summed E-state index contributed by atoms with van der Waals surface area (Å²) < 4.78 is 0. The van der Waals surface area contributed by atoms with Gasteiger partial charge in [-0.15, -0.1) is 11.3 Å². The Morgan fingerprint density at radius 3 is 3.25 bits per heavy atom. The molecule has 4 heteroatoms. The third-order valence-corrected chi connectivity index (χ3v) is 3.91. The molecule has 1 aromatic heterocycles. The zero-order valence-corrected chi connectivity index (χ0v) is 10.8. The quantitative estimate of drug-likeness (QED) is 0.800. The highest BCUT2D eigenvalue weighted by molar-refractivity contribution is 7.13. The molecule has 3 nitrogen and oxygen atoms in total. The van der Waals surface area contributed by atoms with Crippen LogP contribution < -0.4 is 10.2 Å². The molecule has 1 aliphatic heterocycles.